The normalized spacial score (nSPS) is 22.7. The van der Waals surface area contributed by atoms with Crippen LogP contribution < -0.4 is 4.74 Å². The second-order valence-corrected chi connectivity index (χ2v) is 9.96. The van der Waals surface area contributed by atoms with Gasteiger partial charge in [0.25, 0.3) is 0 Å². The highest BCUT2D eigenvalue weighted by atomic mass is 19.1. The SMILES string of the molecule is COc1ccc2nccc([C@@H](F)CCC3CCN(CCC4CCC4)CC3CCC(=O)O)c2c1. The molecule has 1 saturated heterocycles. The summed E-state index contributed by atoms with van der Waals surface area (Å²) in [6, 6.07) is 7.35. The van der Waals surface area contributed by atoms with Gasteiger partial charge >= 0.3 is 5.97 Å². The summed E-state index contributed by atoms with van der Waals surface area (Å²) in [5, 5.41) is 10.0. The van der Waals surface area contributed by atoms with Gasteiger partial charge in [-0.3, -0.25) is 9.78 Å². The molecule has 6 heteroatoms. The number of hydrogen-bond acceptors (Lipinski definition) is 4. The lowest BCUT2D eigenvalue weighted by Gasteiger charge is -2.40. The molecule has 1 aliphatic carbocycles. The monoisotopic (exact) mass is 456 g/mol. The lowest BCUT2D eigenvalue weighted by Crippen LogP contribution is -2.41. The zero-order valence-corrected chi connectivity index (χ0v) is 19.7. The minimum Gasteiger partial charge on any atom is -0.497 e. The van der Waals surface area contributed by atoms with E-state index in [0.29, 0.717) is 36.0 Å². The van der Waals surface area contributed by atoms with E-state index in [0.717, 1.165) is 49.3 Å². The maximum absolute atomic E-state index is 15.5. The molecule has 2 heterocycles. The molecule has 2 aliphatic rings. The first kappa shape index (κ1) is 23.9. The maximum atomic E-state index is 15.5. The first-order valence-corrected chi connectivity index (χ1v) is 12.5. The first-order valence-electron chi connectivity index (χ1n) is 12.5. The van der Waals surface area contributed by atoms with Gasteiger partial charge < -0.3 is 14.7 Å². The molecule has 2 unspecified atom stereocenters. The molecule has 1 N–H and O–H groups in total. The number of piperidine rings is 1. The molecule has 33 heavy (non-hydrogen) atoms. The zero-order valence-electron chi connectivity index (χ0n) is 19.7. The Labute approximate surface area is 196 Å². The van der Waals surface area contributed by atoms with Crippen molar-refractivity contribution in [1.29, 1.82) is 0 Å². The topological polar surface area (TPSA) is 62.7 Å². The molecule has 0 spiro atoms. The Morgan fingerprint density at radius 3 is 2.79 bits per heavy atom. The fraction of sp³-hybridized carbons (Fsp3) is 0.630. The molecule has 2 aromatic rings. The van der Waals surface area contributed by atoms with Gasteiger partial charge in [-0.05, 0) is 92.8 Å². The minimum absolute atomic E-state index is 0.200. The zero-order chi connectivity index (χ0) is 23.2. The van der Waals surface area contributed by atoms with Gasteiger partial charge in [0.05, 0.1) is 12.6 Å². The van der Waals surface area contributed by atoms with E-state index in [9.17, 15) is 9.90 Å². The number of alkyl halides is 1. The number of halogens is 1. The molecule has 180 valence electrons. The average molecular weight is 457 g/mol. The van der Waals surface area contributed by atoms with Gasteiger partial charge in [0, 0.05) is 24.5 Å². The highest BCUT2D eigenvalue weighted by Gasteiger charge is 2.31. The number of fused-ring (bicyclic) bond motifs is 1. The number of likely N-dealkylation sites (tertiary alicyclic amines) is 1. The Hall–Kier alpha value is -2.21. The highest BCUT2D eigenvalue weighted by Crippen LogP contribution is 2.37. The van der Waals surface area contributed by atoms with Crippen LogP contribution in [-0.4, -0.2) is 47.7 Å². The molecular weight excluding hydrogens is 419 g/mol. The van der Waals surface area contributed by atoms with Crippen molar-refractivity contribution < 1.29 is 19.0 Å². The van der Waals surface area contributed by atoms with E-state index in [-0.39, 0.29) is 6.42 Å². The van der Waals surface area contributed by atoms with Gasteiger partial charge in [0.1, 0.15) is 11.9 Å². The molecule has 1 aromatic heterocycles. The van der Waals surface area contributed by atoms with Crippen LogP contribution in [0.2, 0.25) is 0 Å². The number of methoxy groups -OCH3 is 1. The third kappa shape index (κ3) is 6.23. The van der Waals surface area contributed by atoms with Gasteiger partial charge in [0.15, 0.2) is 0 Å². The Balaban J connectivity index is 1.38. The van der Waals surface area contributed by atoms with E-state index < -0.39 is 12.1 Å². The van der Waals surface area contributed by atoms with Crippen molar-refractivity contribution in [3.8, 4) is 5.75 Å². The number of benzene rings is 1. The van der Waals surface area contributed by atoms with E-state index in [4.69, 9.17) is 4.74 Å². The molecule has 1 aromatic carbocycles. The molecule has 3 atom stereocenters. The number of hydrogen-bond donors (Lipinski definition) is 1. The van der Waals surface area contributed by atoms with Gasteiger partial charge in [-0.2, -0.15) is 0 Å². The molecule has 0 radical (unpaired) electrons. The third-order valence-electron chi connectivity index (χ3n) is 7.89. The molecule has 4 rings (SSSR count). The number of ether oxygens (including phenoxy) is 1. The molecule has 5 nitrogen and oxygen atoms in total. The number of carboxylic acid groups (broad SMARTS) is 1. The summed E-state index contributed by atoms with van der Waals surface area (Å²) in [4.78, 5) is 18.1. The van der Waals surface area contributed by atoms with E-state index in [1.165, 1.54) is 25.7 Å². The van der Waals surface area contributed by atoms with Crippen molar-refractivity contribution in [2.75, 3.05) is 26.7 Å². The van der Waals surface area contributed by atoms with Crippen molar-refractivity contribution >= 4 is 16.9 Å². The first-order chi connectivity index (χ1) is 16.0. The third-order valence-corrected chi connectivity index (χ3v) is 7.89. The molecule has 0 amide bonds. The summed E-state index contributed by atoms with van der Waals surface area (Å²) in [6.45, 7) is 3.13. The molecule has 1 aliphatic heterocycles. The quantitative estimate of drug-likeness (QED) is 0.447. The number of rotatable bonds is 11. The van der Waals surface area contributed by atoms with Crippen molar-refractivity contribution in [2.24, 2.45) is 17.8 Å². The fourth-order valence-electron chi connectivity index (χ4n) is 5.58. The Kier molecular flexibility index (Phi) is 8.18. The van der Waals surface area contributed by atoms with Crippen LogP contribution in [0.3, 0.4) is 0 Å². The van der Waals surface area contributed by atoms with E-state index >= 15 is 4.39 Å². The lowest BCUT2D eigenvalue weighted by atomic mass is 9.78. The summed E-state index contributed by atoms with van der Waals surface area (Å²) in [5.41, 5.74) is 1.44. The van der Waals surface area contributed by atoms with Crippen LogP contribution >= 0.6 is 0 Å². The molecule has 2 fully saturated rings. The second-order valence-electron chi connectivity index (χ2n) is 9.96. The number of aliphatic carboxylic acids is 1. The van der Waals surface area contributed by atoms with Crippen LogP contribution in [0.25, 0.3) is 10.9 Å². The van der Waals surface area contributed by atoms with Crippen LogP contribution in [0.1, 0.15) is 69.5 Å². The second kappa shape index (κ2) is 11.3. The van der Waals surface area contributed by atoms with Gasteiger partial charge in [-0.25, -0.2) is 4.39 Å². The van der Waals surface area contributed by atoms with Gasteiger partial charge in [-0.15, -0.1) is 0 Å². The smallest absolute Gasteiger partial charge is 0.303 e. The molecule has 1 saturated carbocycles. The Bertz CT molecular complexity index is 933. The largest absolute Gasteiger partial charge is 0.497 e. The summed E-state index contributed by atoms with van der Waals surface area (Å²) in [6.07, 6.45) is 9.14. The maximum Gasteiger partial charge on any atom is 0.303 e. The summed E-state index contributed by atoms with van der Waals surface area (Å²) >= 11 is 0. The number of carboxylic acids is 1. The van der Waals surface area contributed by atoms with Gasteiger partial charge in [0.2, 0.25) is 0 Å². The Morgan fingerprint density at radius 2 is 2.06 bits per heavy atom. The predicted molar refractivity (Wildman–Crippen MR) is 128 cm³/mol. The van der Waals surface area contributed by atoms with Crippen LogP contribution in [0.4, 0.5) is 4.39 Å². The Morgan fingerprint density at radius 1 is 1.21 bits per heavy atom. The summed E-state index contributed by atoms with van der Waals surface area (Å²) < 4.78 is 20.8. The van der Waals surface area contributed by atoms with E-state index in [2.05, 4.69) is 9.88 Å². The van der Waals surface area contributed by atoms with Crippen LogP contribution in [0.15, 0.2) is 30.5 Å². The van der Waals surface area contributed by atoms with Crippen LogP contribution in [0, 0.1) is 17.8 Å². The van der Waals surface area contributed by atoms with Crippen molar-refractivity contribution in [3.63, 3.8) is 0 Å². The highest BCUT2D eigenvalue weighted by molar-refractivity contribution is 5.83. The van der Waals surface area contributed by atoms with E-state index in [1.54, 1.807) is 19.4 Å². The molecule has 0 bridgehead atoms. The molecular formula is C27H37FN2O3. The number of aromatic nitrogens is 1. The van der Waals surface area contributed by atoms with Crippen LogP contribution in [-0.2, 0) is 4.79 Å². The lowest BCUT2D eigenvalue weighted by molar-refractivity contribution is -0.137. The van der Waals surface area contributed by atoms with Crippen molar-refractivity contribution in [2.45, 2.75) is 64.0 Å². The summed E-state index contributed by atoms with van der Waals surface area (Å²) in [5.74, 6) is 1.57. The van der Waals surface area contributed by atoms with Crippen molar-refractivity contribution in [1.82, 2.24) is 9.88 Å². The number of carbonyl (C=O) groups is 1. The number of nitrogens with zero attached hydrogens (tertiary/aromatic N) is 2. The average Bonchev–Trinajstić information content (AvgIpc) is 2.80. The standard InChI is InChI=1S/C27H37FN2O3/c1-33-22-7-9-26-24(17-22)23(11-14-29-26)25(28)8-5-20-13-16-30(15-12-19-3-2-4-19)18-21(20)6-10-27(31)32/h7,9,11,14,17,19-21,25H,2-6,8,10,12-13,15-16,18H2,1H3,(H,31,32)/t20?,21?,25-/m0/s1. The fourth-order valence-corrected chi connectivity index (χ4v) is 5.58. The number of pyridine rings is 1. The van der Waals surface area contributed by atoms with E-state index in [1.807, 2.05) is 18.2 Å². The predicted octanol–water partition coefficient (Wildman–Crippen LogP) is 6.03. The van der Waals surface area contributed by atoms with Gasteiger partial charge in [-0.1, -0.05) is 19.3 Å². The minimum atomic E-state index is -1.07. The summed E-state index contributed by atoms with van der Waals surface area (Å²) in [7, 11) is 1.61. The van der Waals surface area contributed by atoms with Crippen LogP contribution in [0.5, 0.6) is 5.75 Å². The van der Waals surface area contributed by atoms with Crippen molar-refractivity contribution in [3.05, 3.63) is 36.0 Å².